The Kier molecular flexibility index (Phi) is 3.72. The van der Waals surface area contributed by atoms with Gasteiger partial charge in [-0.3, -0.25) is 0 Å². The first-order chi connectivity index (χ1) is 8.37. The highest BCUT2D eigenvalue weighted by Gasteiger charge is 2.29. The molecule has 0 bridgehead atoms. The fourth-order valence-corrected chi connectivity index (χ4v) is 2.22. The third-order valence-corrected chi connectivity index (χ3v) is 3.12. The van der Waals surface area contributed by atoms with Crippen LogP contribution in [0.1, 0.15) is 24.5 Å². The molecule has 3 nitrogen and oxygen atoms in total. The summed E-state index contributed by atoms with van der Waals surface area (Å²) in [5.41, 5.74) is 0.371. The van der Waals surface area contributed by atoms with E-state index in [2.05, 4.69) is 15.9 Å². The Bertz CT molecular complexity index is 448. The lowest BCUT2D eigenvalue weighted by Gasteiger charge is -2.13. The van der Waals surface area contributed by atoms with Gasteiger partial charge in [0, 0.05) is 6.42 Å². The van der Waals surface area contributed by atoms with Gasteiger partial charge in [-0.05, 0) is 40.0 Å². The van der Waals surface area contributed by atoms with E-state index in [4.69, 9.17) is 9.47 Å². The average Bonchev–Trinajstić information content (AvgIpc) is 2.73. The van der Waals surface area contributed by atoms with Crippen LogP contribution in [-0.4, -0.2) is 18.1 Å². The molecule has 100 valence electrons. The van der Waals surface area contributed by atoms with Crippen LogP contribution in [0.15, 0.2) is 16.6 Å². The molecule has 2 rings (SSSR count). The molecule has 0 radical (unpaired) electrons. The van der Waals surface area contributed by atoms with Crippen molar-refractivity contribution in [2.24, 2.45) is 0 Å². The first-order valence-corrected chi connectivity index (χ1v) is 6.00. The number of hydrogen-bond donors (Lipinski definition) is 1. The van der Waals surface area contributed by atoms with Crippen LogP contribution in [0.2, 0.25) is 0 Å². The Morgan fingerprint density at radius 3 is 2.72 bits per heavy atom. The molecule has 0 fully saturated rings. The van der Waals surface area contributed by atoms with E-state index >= 15 is 0 Å². The Morgan fingerprint density at radius 1 is 1.33 bits per heavy atom. The van der Waals surface area contributed by atoms with Gasteiger partial charge in [0.25, 0.3) is 0 Å². The highest BCUT2D eigenvalue weighted by Crippen LogP contribution is 2.42. The summed E-state index contributed by atoms with van der Waals surface area (Å²) in [6, 6.07) is 3.03. The van der Waals surface area contributed by atoms with Gasteiger partial charge in [0.05, 0.1) is 10.6 Å². The van der Waals surface area contributed by atoms with Crippen LogP contribution in [0, 0.1) is 0 Å². The van der Waals surface area contributed by atoms with Crippen LogP contribution in [0.4, 0.5) is 13.2 Å². The van der Waals surface area contributed by atoms with Crippen LogP contribution in [0.5, 0.6) is 11.5 Å². The molecule has 0 spiro atoms. The van der Waals surface area contributed by atoms with Crippen LogP contribution in [0.25, 0.3) is 0 Å². The van der Waals surface area contributed by atoms with Gasteiger partial charge in [0.1, 0.15) is 0 Å². The summed E-state index contributed by atoms with van der Waals surface area (Å²) in [6.07, 6.45) is -6.86. The van der Waals surface area contributed by atoms with Gasteiger partial charge < -0.3 is 14.6 Å². The molecular formula is C11H10BrF3O3. The number of alkyl halides is 3. The molecule has 0 saturated carbocycles. The average molecular weight is 327 g/mol. The summed E-state index contributed by atoms with van der Waals surface area (Å²) < 4.78 is 47.0. The van der Waals surface area contributed by atoms with Crippen LogP contribution in [0.3, 0.4) is 0 Å². The van der Waals surface area contributed by atoms with E-state index in [1.54, 1.807) is 0 Å². The maximum Gasteiger partial charge on any atom is 0.389 e. The van der Waals surface area contributed by atoms with E-state index in [-0.39, 0.29) is 13.2 Å². The number of aliphatic hydroxyl groups excluding tert-OH is 1. The quantitative estimate of drug-likeness (QED) is 0.923. The third-order valence-electron chi connectivity index (χ3n) is 2.54. The molecular weight excluding hydrogens is 317 g/mol. The molecule has 7 heteroatoms. The fraction of sp³-hybridized carbons (Fsp3) is 0.455. The Balaban J connectivity index is 2.11. The molecule has 0 aromatic heterocycles. The van der Waals surface area contributed by atoms with Gasteiger partial charge in [-0.15, -0.1) is 0 Å². The highest BCUT2D eigenvalue weighted by atomic mass is 79.9. The van der Waals surface area contributed by atoms with Crippen molar-refractivity contribution in [2.45, 2.75) is 25.1 Å². The Hall–Kier alpha value is -0.950. The SMILES string of the molecule is OC(CCC(F)(F)F)c1cc(Br)c2c(c1)OCO2. The molecule has 0 amide bonds. The number of fused-ring (bicyclic) bond motifs is 1. The lowest BCUT2D eigenvalue weighted by atomic mass is 10.0. The Labute approximate surface area is 110 Å². The first-order valence-electron chi connectivity index (χ1n) is 5.20. The summed E-state index contributed by atoms with van der Waals surface area (Å²) in [6.45, 7) is 0.0655. The third kappa shape index (κ3) is 3.08. The predicted octanol–water partition coefficient (Wildman–Crippen LogP) is 3.55. The molecule has 1 aliphatic heterocycles. The number of halogens is 4. The zero-order valence-electron chi connectivity index (χ0n) is 9.13. The largest absolute Gasteiger partial charge is 0.454 e. The van der Waals surface area contributed by atoms with Crippen molar-refractivity contribution in [3.63, 3.8) is 0 Å². The number of rotatable bonds is 3. The highest BCUT2D eigenvalue weighted by molar-refractivity contribution is 9.10. The second kappa shape index (κ2) is 4.97. The van der Waals surface area contributed by atoms with Crippen molar-refractivity contribution in [3.8, 4) is 11.5 Å². The molecule has 1 atom stereocenters. The van der Waals surface area contributed by atoms with Crippen molar-refractivity contribution in [1.29, 1.82) is 0 Å². The fourth-order valence-electron chi connectivity index (χ4n) is 1.65. The number of ether oxygens (including phenoxy) is 2. The zero-order valence-corrected chi connectivity index (χ0v) is 10.7. The molecule has 1 unspecified atom stereocenters. The Morgan fingerprint density at radius 2 is 2.06 bits per heavy atom. The molecule has 18 heavy (non-hydrogen) atoms. The van der Waals surface area contributed by atoms with Crippen molar-refractivity contribution in [1.82, 2.24) is 0 Å². The van der Waals surface area contributed by atoms with Gasteiger partial charge in [-0.25, -0.2) is 0 Å². The molecule has 1 N–H and O–H groups in total. The minimum atomic E-state index is -4.27. The normalized spacial score (nSPS) is 15.8. The van der Waals surface area contributed by atoms with Gasteiger partial charge in [-0.1, -0.05) is 0 Å². The maximum absolute atomic E-state index is 12.1. The number of benzene rings is 1. The minimum absolute atomic E-state index is 0.0655. The summed E-state index contributed by atoms with van der Waals surface area (Å²) in [4.78, 5) is 0. The number of aliphatic hydroxyl groups is 1. The van der Waals surface area contributed by atoms with Crippen molar-refractivity contribution in [3.05, 3.63) is 22.2 Å². The van der Waals surface area contributed by atoms with E-state index < -0.39 is 18.7 Å². The monoisotopic (exact) mass is 326 g/mol. The smallest absolute Gasteiger partial charge is 0.389 e. The van der Waals surface area contributed by atoms with Crippen molar-refractivity contribution in [2.75, 3.05) is 6.79 Å². The lowest BCUT2D eigenvalue weighted by molar-refractivity contribution is -0.140. The summed E-state index contributed by atoms with van der Waals surface area (Å²) in [5.74, 6) is 0.923. The molecule has 1 aromatic carbocycles. The number of hydrogen-bond acceptors (Lipinski definition) is 3. The molecule has 1 aromatic rings. The molecule has 1 heterocycles. The van der Waals surface area contributed by atoms with Crippen LogP contribution < -0.4 is 9.47 Å². The van der Waals surface area contributed by atoms with E-state index in [1.165, 1.54) is 12.1 Å². The van der Waals surface area contributed by atoms with E-state index in [1.807, 2.05) is 0 Å². The van der Waals surface area contributed by atoms with Crippen LogP contribution >= 0.6 is 15.9 Å². The van der Waals surface area contributed by atoms with Crippen LogP contribution in [-0.2, 0) is 0 Å². The minimum Gasteiger partial charge on any atom is -0.454 e. The van der Waals surface area contributed by atoms with E-state index in [0.29, 0.717) is 21.5 Å². The van der Waals surface area contributed by atoms with E-state index in [0.717, 1.165) is 0 Å². The van der Waals surface area contributed by atoms with Gasteiger partial charge in [-0.2, -0.15) is 13.2 Å². The predicted molar refractivity (Wildman–Crippen MR) is 60.5 cm³/mol. The van der Waals surface area contributed by atoms with E-state index in [9.17, 15) is 18.3 Å². The molecule has 0 saturated heterocycles. The summed E-state index contributed by atoms with van der Waals surface area (Å²) in [7, 11) is 0. The van der Waals surface area contributed by atoms with Gasteiger partial charge >= 0.3 is 6.18 Å². The zero-order chi connectivity index (χ0) is 13.3. The van der Waals surface area contributed by atoms with Gasteiger partial charge in [0.15, 0.2) is 11.5 Å². The topological polar surface area (TPSA) is 38.7 Å². The standard InChI is InChI=1S/C11H10BrF3O3/c12-7-3-6(4-9-10(7)18-5-17-9)8(16)1-2-11(13,14)15/h3-4,8,16H,1-2,5H2. The summed E-state index contributed by atoms with van der Waals surface area (Å²) >= 11 is 3.22. The molecule has 0 aliphatic carbocycles. The molecule has 1 aliphatic rings. The second-order valence-corrected chi connectivity index (χ2v) is 4.76. The van der Waals surface area contributed by atoms with Crippen molar-refractivity contribution >= 4 is 15.9 Å². The maximum atomic E-state index is 12.1. The summed E-state index contributed by atoms with van der Waals surface area (Å²) in [5, 5.41) is 9.72. The first kappa shape index (κ1) is 13.5. The lowest BCUT2D eigenvalue weighted by Crippen LogP contribution is -2.10. The second-order valence-electron chi connectivity index (χ2n) is 3.91. The van der Waals surface area contributed by atoms with Gasteiger partial charge in [0.2, 0.25) is 6.79 Å². The van der Waals surface area contributed by atoms with Crippen molar-refractivity contribution < 1.29 is 27.8 Å².